The molecule has 0 aliphatic carbocycles. The number of nitrogens with zero attached hydrogens (tertiary/aromatic N) is 1. The number of hydrogen-bond acceptors (Lipinski definition) is 3. The van der Waals surface area contributed by atoms with Crippen LogP contribution in [0.15, 0.2) is 18.2 Å². The Morgan fingerprint density at radius 1 is 1.35 bits per heavy atom. The Morgan fingerprint density at radius 2 is 2.00 bits per heavy atom. The first-order chi connectivity index (χ1) is 7.91. The fourth-order valence-electron chi connectivity index (χ4n) is 1.20. The number of carboxylic acids is 1. The molecule has 1 aromatic rings. The molecule has 0 saturated carbocycles. The van der Waals surface area contributed by atoms with Gasteiger partial charge in [0.1, 0.15) is 11.4 Å². The standard InChI is InChI=1S/C10H12FN3O3/c1-14(2)13-10(17)12-7-5-3-4-6(11)8(7)9(15)16/h3-5H,1-2H3,(H,15,16)(H2,12,13,17). The first kappa shape index (κ1) is 12.9. The molecule has 0 bridgehead atoms. The maximum atomic E-state index is 13.3. The van der Waals surface area contributed by atoms with Gasteiger partial charge in [-0.2, -0.15) is 0 Å². The molecule has 0 aliphatic heterocycles. The summed E-state index contributed by atoms with van der Waals surface area (Å²) in [5.74, 6) is -2.34. The maximum absolute atomic E-state index is 13.3. The lowest BCUT2D eigenvalue weighted by atomic mass is 10.1. The Balaban J connectivity index is 2.95. The van der Waals surface area contributed by atoms with Crippen LogP contribution in [0.5, 0.6) is 0 Å². The fourth-order valence-corrected chi connectivity index (χ4v) is 1.20. The lowest BCUT2D eigenvalue weighted by Crippen LogP contribution is -2.39. The second kappa shape index (κ2) is 5.26. The van der Waals surface area contributed by atoms with E-state index in [9.17, 15) is 14.0 Å². The zero-order valence-electron chi connectivity index (χ0n) is 9.32. The van der Waals surface area contributed by atoms with Gasteiger partial charge in [-0.15, -0.1) is 0 Å². The minimum atomic E-state index is -1.44. The summed E-state index contributed by atoms with van der Waals surface area (Å²) in [6.07, 6.45) is 0. The number of aromatic carboxylic acids is 1. The van der Waals surface area contributed by atoms with Crippen molar-refractivity contribution in [1.29, 1.82) is 0 Å². The van der Waals surface area contributed by atoms with Crippen molar-refractivity contribution in [3.05, 3.63) is 29.6 Å². The van der Waals surface area contributed by atoms with Crippen molar-refractivity contribution in [2.24, 2.45) is 0 Å². The van der Waals surface area contributed by atoms with Gasteiger partial charge in [0.05, 0.1) is 5.69 Å². The van der Waals surface area contributed by atoms with Gasteiger partial charge in [-0.25, -0.2) is 19.0 Å². The number of nitrogens with one attached hydrogen (secondary N) is 2. The van der Waals surface area contributed by atoms with Gasteiger partial charge >= 0.3 is 12.0 Å². The highest BCUT2D eigenvalue weighted by molar-refractivity contribution is 6.00. The minimum absolute atomic E-state index is 0.100. The topological polar surface area (TPSA) is 81.7 Å². The molecule has 0 unspecified atom stereocenters. The number of hydrazine groups is 1. The molecule has 6 nitrogen and oxygen atoms in total. The number of carbonyl (C=O) groups excluding carboxylic acids is 1. The number of halogens is 1. The van der Waals surface area contributed by atoms with Crippen LogP contribution in [0.25, 0.3) is 0 Å². The Bertz CT molecular complexity index is 448. The summed E-state index contributed by atoms with van der Waals surface area (Å²) >= 11 is 0. The molecule has 0 saturated heterocycles. The molecule has 17 heavy (non-hydrogen) atoms. The average molecular weight is 241 g/mol. The van der Waals surface area contributed by atoms with Gasteiger partial charge in [0.2, 0.25) is 0 Å². The quantitative estimate of drug-likeness (QED) is 0.693. The second-order valence-electron chi connectivity index (χ2n) is 3.43. The third-order valence-corrected chi connectivity index (χ3v) is 1.80. The lowest BCUT2D eigenvalue weighted by Gasteiger charge is -2.14. The van der Waals surface area contributed by atoms with Crippen molar-refractivity contribution in [3.63, 3.8) is 0 Å². The van der Waals surface area contributed by atoms with Crippen LogP contribution in [-0.4, -0.2) is 36.2 Å². The Kier molecular flexibility index (Phi) is 4.00. The molecular weight excluding hydrogens is 229 g/mol. The van der Waals surface area contributed by atoms with Crippen molar-refractivity contribution < 1.29 is 19.1 Å². The summed E-state index contributed by atoms with van der Waals surface area (Å²) in [5.41, 5.74) is 1.68. The number of carbonyl (C=O) groups is 2. The smallest absolute Gasteiger partial charge is 0.340 e. The summed E-state index contributed by atoms with van der Waals surface area (Å²) in [4.78, 5) is 22.2. The number of rotatable bonds is 3. The van der Waals surface area contributed by atoms with Gasteiger partial charge < -0.3 is 10.4 Å². The van der Waals surface area contributed by atoms with E-state index in [1.54, 1.807) is 14.1 Å². The van der Waals surface area contributed by atoms with E-state index >= 15 is 0 Å². The van der Waals surface area contributed by atoms with Crippen LogP contribution in [0.4, 0.5) is 14.9 Å². The fraction of sp³-hybridized carbons (Fsp3) is 0.200. The first-order valence-corrected chi connectivity index (χ1v) is 4.68. The summed E-state index contributed by atoms with van der Waals surface area (Å²) < 4.78 is 13.3. The van der Waals surface area contributed by atoms with Crippen LogP contribution in [0, 0.1) is 5.82 Å². The van der Waals surface area contributed by atoms with Gasteiger partial charge in [0, 0.05) is 14.1 Å². The highest BCUT2D eigenvalue weighted by atomic mass is 19.1. The number of carboxylic acid groups (broad SMARTS) is 1. The summed E-state index contributed by atoms with van der Waals surface area (Å²) in [6.45, 7) is 0. The van der Waals surface area contributed by atoms with E-state index in [0.29, 0.717) is 0 Å². The Morgan fingerprint density at radius 3 is 2.53 bits per heavy atom. The molecule has 0 atom stereocenters. The molecular formula is C10H12FN3O3. The van der Waals surface area contributed by atoms with Crippen molar-refractivity contribution in [1.82, 2.24) is 10.4 Å². The molecule has 0 fully saturated rings. The van der Waals surface area contributed by atoms with Gasteiger partial charge in [0.25, 0.3) is 0 Å². The average Bonchev–Trinajstić information content (AvgIpc) is 2.15. The molecule has 0 aliphatic rings. The molecule has 92 valence electrons. The first-order valence-electron chi connectivity index (χ1n) is 4.68. The van der Waals surface area contributed by atoms with Crippen molar-refractivity contribution in [3.8, 4) is 0 Å². The minimum Gasteiger partial charge on any atom is -0.478 e. The number of urea groups is 1. The van der Waals surface area contributed by atoms with E-state index in [1.165, 1.54) is 17.1 Å². The molecule has 3 N–H and O–H groups in total. The van der Waals surface area contributed by atoms with E-state index in [2.05, 4.69) is 10.7 Å². The van der Waals surface area contributed by atoms with Crippen molar-refractivity contribution >= 4 is 17.7 Å². The van der Waals surface area contributed by atoms with E-state index < -0.39 is 23.4 Å². The normalized spacial score (nSPS) is 10.1. The third-order valence-electron chi connectivity index (χ3n) is 1.80. The van der Waals surface area contributed by atoms with Crippen LogP contribution in [0.3, 0.4) is 0 Å². The van der Waals surface area contributed by atoms with Gasteiger partial charge in [-0.3, -0.25) is 5.43 Å². The maximum Gasteiger partial charge on any atom is 0.340 e. The number of anilines is 1. The van der Waals surface area contributed by atoms with Gasteiger partial charge in [-0.05, 0) is 12.1 Å². The molecule has 0 aromatic heterocycles. The summed E-state index contributed by atoms with van der Waals surface area (Å²) in [5, 5.41) is 12.4. The molecule has 1 aromatic carbocycles. The summed E-state index contributed by atoms with van der Waals surface area (Å²) in [6, 6.07) is 2.98. The molecule has 0 radical (unpaired) electrons. The third kappa shape index (κ3) is 3.42. The molecule has 2 amide bonds. The van der Waals surface area contributed by atoms with Crippen LogP contribution in [0.2, 0.25) is 0 Å². The van der Waals surface area contributed by atoms with E-state index in [4.69, 9.17) is 5.11 Å². The highest BCUT2D eigenvalue weighted by Gasteiger charge is 2.17. The number of hydrogen-bond donors (Lipinski definition) is 3. The molecule has 0 spiro atoms. The number of amides is 2. The molecule has 7 heteroatoms. The van der Waals surface area contributed by atoms with E-state index in [0.717, 1.165) is 6.07 Å². The second-order valence-corrected chi connectivity index (χ2v) is 3.43. The number of benzene rings is 1. The summed E-state index contributed by atoms with van der Waals surface area (Å²) in [7, 11) is 3.17. The van der Waals surface area contributed by atoms with Gasteiger partial charge in [-0.1, -0.05) is 6.07 Å². The predicted octanol–water partition coefficient (Wildman–Crippen LogP) is 1.12. The van der Waals surface area contributed by atoms with Crippen molar-refractivity contribution in [2.75, 3.05) is 19.4 Å². The Hall–Kier alpha value is -2.15. The van der Waals surface area contributed by atoms with Crippen molar-refractivity contribution in [2.45, 2.75) is 0 Å². The van der Waals surface area contributed by atoms with Crippen LogP contribution in [0.1, 0.15) is 10.4 Å². The molecule has 1 rings (SSSR count). The monoisotopic (exact) mass is 241 g/mol. The largest absolute Gasteiger partial charge is 0.478 e. The van der Waals surface area contributed by atoms with E-state index in [-0.39, 0.29) is 5.69 Å². The Labute approximate surface area is 97.0 Å². The molecule has 0 heterocycles. The van der Waals surface area contributed by atoms with Crippen LogP contribution >= 0.6 is 0 Å². The van der Waals surface area contributed by atoms with Gasteiger partial charge in [0.15, 0.2) is 0 Å². The lowest BCUT2D eigenvalue weighted by molar-refractivity contribution is 0.0693. The SMILES string of the molecule is CN(C)NC(=O)Nc1cccc(F)c1C(=O)O. The zero-order valence-corrected chi connectivity index (χ0v) is 9.32. The van der Waals surface area contributed by atoms with E-state index in [1.807, 2.05) is 0 Å². The van der Waals surface area contributed by atoms with Crippen LogP contribution < -0.4 is 10.7 Å². The van der Waals surface area contributed by atoms with Crippen LogP contribution in [-0.2, 0) is 0 Å². The highest BCUT2D eigenvalue weighted by Crippen LogP contribution is 2.18. The zero-order chi connectivity index (χ0) is 13.0. The predicted molar refractivity (Wildman–Crippen MR) is 59.2 cm³/mol.